The van der Waals surface area contributed by atoms with Gasteiger partial charge in [0.05, 0.1) is 30.0 Å². The second-order valence-corrected chi connectivity index (χ2v) is 9.86. The molecule has 2 aromatic heterocycles. The van der Waals surface area contributed by atoms with Crippen LogP contribution in [-0.2, 0) is 21.1 Å². The summed E-state index contributed by atoms with van der Waals surface area (Å²) in [7, 11) is 0. The van der Waals surface area contributed by atoms with Gasteiger partial charge in [-0.05, 0) is 50.6 Å². The monoisotopic (exact) mass is 524 g/mol. The van der Waals surface area contributed by atoms with E-state index < -0.39 is 23.1 Å². The topological polar surface area (TPSA) is 84.4 Å². The third-order valence-electron chi connectivity index (χ3n) is 7.55. The van der Waals surface area contributed by atoms with E-state index in [1.54, 1.807) is 17.2 Å². The molecular formula is C28H27F3N4O3. The number of nitrogens with one attached hydrogen (secondary N) is 1. The maximum atomic E-state index is 13.2. The molecule has 1 saturated heterocycles. The summed E-state index contributed by atoms with van der Waals surface area (Å²) < 4.78 is 44.9. The fourth-order valence-corrected chi connectivity index (χ4v) is 5.28. The van der Waals surface area contributed by atoms with Crippen molar-refractivity contribution in [3.8, 4) is 11.1 Å². The molecule has 2 unspecified atom stereocenters. The fraction of sp³-hybridized carbons (Fsp3) is 0.357. The van der Waals surface area contributed by atoms with Crippen LogP contribution in [0.4, 0.5) is 24.7 Å². The number of aryl methyl sites for hydroxylation is 1. The Balaban J connectivity index is 1.50. The van der Waals surface area contributed by atoms with Crippen molar-refractivity contribution in [3.63, 3.8) is 0 Å². The summed E-state index contributed by atoms with van der Waals surface area (Å²) in [5.41, 5.74) is 2.03. The minimum Gasteiger partial charge on any atom is -0.381 e. The van der Waals surface area contributed by atoms with Crippen molar-refractivity contribution >= 4 is 23.3 Å². The zero-order chi connectivity index (χ0) is 27.2. The molecule has 1 aromatic carbocycles. The molecule has 0 aliphatic carbocycles. The van der Waals surface area contributed by atoms with Crippen LogP contribution >= 0.6 is 0 Å². The molecule has 3 aromatic rings. The molecule has 198 valence electrons. The maximum absolute atomic E-state index is 13.2. The van der Waals surface area contributed by atoms with Crippen LogP contribution in [0.1, 0.15) is 47.4 Å². The number of hydrogen-bond donors (Lipinski definition) is 1. The highest BCUT2D eigenvalue weighted by Crippen LogP contribution is 2.48. The van der Waals surface area contributed by atoms with Crippen LogP contribution in [0.15, 0.2) is 48.8 Å². The van der Waals surface area contributed by atoms with E-state index in [4.69, 9.17) is 4.74 Å². The second kappa shape index (κ2) is 9.50. The van der Waals surface area contributed by atoms with Gasteiger partial charge in [0, 0.05) is 52.7 Å². The molecule has 2 aliphatic heterocycles. The lowest BCUT2D eigenvalue weighted by Gasteiger charge is -2.47. The molecule has 5 rings (SSSR count). The molecule has 4 heterocycles. The summed E-state index contributed by atoms with van der Waals surface area (Å²) in [5, 5.41) is 2.65. The first-order valence-electron chi connectivity index (χ1n) is 12.4. The van der Waals surface area contributed by atoms with E-state index in [0.29, 0.717) is 48.9 Å². The van der Waals surface area contributed by atoms with Gasteiger partial charge in [-0.1, -0.05) is 13.0 Å². The van der Waals surface area contributed by atoms with E-state index in [9.17, 15) is 22.8 Å². The predicted octanol–water partition coefficient (Wildman–Crippen LogP) is 5.38. The molecule has 0 spiro atoms. The summed E-state index contributed by atoms with van der Waals surface area (Å²) >= 11 is 0. The first-order valence-corrected chi connectivity index (χ1v) is 12.4. The second-order valence-electron chi connectivity index (χ2n) is 9.86. The summed E-state index contributed by atoms with van der Waals surface area (Å²) in [6.45, 7) is 7.21. The standard InChI is InChI=1S/C28H27F3N4O3/c1-4-35-24-22(27(3)8-9-38-15-23(27)26(35)37)11-18(13-33-24)21-12-20(14-32-16(21)2)34-25(36)17-6-5-7-19(10-17)28(29,30)31/h5-7,10-14,23H,4,8-9,15H2,1-3H3,(H,34,36). The Morgan fingerprint density at radius 1 is 1.21 bits per heavy atom. The lowest BCUT2D eigenvalue weighted by Crippen LogP contribution is -2.55. The van der Waals surface area contributed by atoms with Crippen LogP contribution in [0.2, 0.25) is 0 Å². The molecule has 0 radical (unpaired) electrons. The SMILES string of the molecule is CCN1C(=O)C2COCCC2(C)c2cc(-c3cc(NC(=O)c4cccc(C(F)(F)F)c4)cnc3C)cnc21. The van der Waals surface area contributed by atoms with Crippen LogP contribution in [0, 0.1) is 12.8 Å². The molecule has 7 nitrogen and oxygen atoms in total. The van der Waals surface area contributed by atoms with Crippen molar-refractivity contribution in [1.29, 1.82) is 0 Å². The number of pyridine rings is 2. The molecule has 0 bridgehead atoms. The largest absolute Gasteiger partial charge is 0.416 e. The number of carbonyl (C=O) groups excluding carboxylic acids is 2. The van der Waals surface area contributed by atoms with E-state index in [0.717, 1.165) is 23.3 Å². The Kier molecular flexibility index (Phi) is 6.46. The van der Waals surface area contributed by atoms with Crippen molar-refractivity contribution in [2.45, 2.75) is 38.8 Å². The van der Waals surface area contributed by atoms with Crippen molar-refractivity contribution in [2.75, 3.05) is 30.0 Å². The highest BCUT2D eigenvalue weighted by Gasteiger charge is 2.50. The number of amides is 2. The van der Waals surface area contributed by atoms with Crippen LogP contribution in [0.25, 0.3) is 11.1 Å². The first kappa shape index (κ1) is 25.8. The van der Waals surface area contributed by atoms with Gasteiger partial charge in [0.25, 0.3) is 5.91 Å². The van der Waals surface area contributed by atoms with Gasteiger partial charge < -0.3 is 10.1 Å². The summed E-state index contributed by atoms with van der Waals surface area (Å²) in [4.78, 5) is 36.7. The zero-order valence-electron chi connectivity index (χ0n) is 21.2. The quantitative estimate of drug-likeness (QED) is 0.495. The van der Waals surface area contributed by atoms with E-state index in [2.05, 4.69) is 22.2 Å². The molecule has 2 amide bonds. The zero-order valence-corrected chi connectivity index (χ0v) is 21.2. The predicted molar refractivity (Wildman–Crippen MR) is 136 cm³/mol. The van der Waals surface area contributed by atoms with Gasteiger partial charge in [0.1, 0.15) is 5.82 Å². The van der Waals surface area contributed by atoms with E-state index in [1.807, 2.05) is 19.9 Å². The number of anilines is 2. The lowest BCUT2D eigenvalue weighted by molar-refractivity contribution is -0.137. The van der Waals surface area contributed by atoms with Crippen LogP contribution in [-0.4, -0.2) is 41.5 Å². The highest BCUT2D eigenvalue weighted by atomic mass is 19.4. The van der Waals surface area contributed by atoms with Gasteiger partial charge in [-0.3, -0.25) is 19.5 Å². The van der Waals surface area contributed by atoms with Crippen molar-refractivity contribution in [2.24, 2.45) is 5.92 Å². The highest BCUT2D eigenvalue weighted by molar-refractivity contribution is 6.04. The Morgan fingerprint density at radius 2 is 2.00 bits per heavy atom. The number of halogens is 3. The van der Waals surface area contributed by atoms with Gasteiger partial charge in [-0.2, -0.15) is 13.2 Å². The first-order chi connectivity index (χ1) is 18.0. The molecule has 2 aliphatic rings. The number of ether oxygens (including phenoxy) is 1. The molecule has 38 heavy (non-hydrogen) atoms. The molecule has 2 atom stereocenters. The third kappa shape index (κ3) is 4.42. The minimum absolute atomic E-state index is 0.0135. The molecule has 1 N–H and O–H groups in total. The van der Waals surface area contributed by atoms with Crippen LogP contribution in [0.3, 0.4) is 0 Å². The summed E-state index contributed by atoms with van der Waals surface area (Å²) in [6.07, 6.45) is -0.723. The van der Waals surface area contributed by atoms with Crippen molar-refractivity contribution < 1.29 is 27.5 Å². The van der Waals surface area contributed by atoms with Gasteiger partial charge in [-0.15, -0.1) is 0 Å². The normalized spacial score (nSPS) is 21.1. The number of aromatic nitrogens is 2. The molecular weight excluding hydrogens is 497 g/mol. The van der Waals surface area contributed by atoms with E-state index in [-0.39, 0.29) is 17.4 Å². The number of nitrogens with zero attached hydrogens (tertiary/aromatic N) is 3. The molecule has 1 fully saturated rings. The Bertz CT molecular complexity index is 1420. The van der Waals surface area contributed by atoms with E-state index in [1.165, 1.54) is 18.3 Å². The van der Waals surface area contributed by atoms with Gasteiger partial charge in [0.15, 0.2) is 0 Å². The summed E-state index contributed by atoms with van der Waals surface area (Å²) in [5.74, 6) is -0.329. The number of rotatable bonds is 4. The van der Waals surface area contributed by atoms with Crippen LogP contribution in [0.5, 0.6) is 0 Å². The fourth-order valence-electron chi connectivity index (χ4n) is 5.28. The number of benzene rings is 1. The summed E-state index contributed by atoms with van der Waals surface area (Å²) in [6, 6.07) is 8.01. The lowest BCUT2D eigenvalue weighted by atomic mass is 9.66. The minimum atomic E-state index is -4.55. The number of hydrogen-bond acceptors (Lipinski definition) is 5. The number of carbonyl (C=O) groups is 2. The number of alkyl halides is 3. The average molecular weight is 525 g/mol. The average Bonchev–Trinajstić information content (AvgIpc) is 2.89. The maximum Gasteiger partial charge on any atom is 0.416 e. The van der Waals surface area contributed by atoms with Crippen molar-refractivity contribution in [3.05, 3.63) is 71.2 Å². The van der Waals surface area contributed by atoms with Gasteiger partial charge in [-0.25, -0.2) is 4.98 Å². The van der Waals surface area contributed by atoms with Crippen LogP contribution < -0.4 is 10.2 Å². The number of fused-ring (bicyclic) bond motifs is 3. The molecule has 0 saturated carbocycles. The Hall–Kier alpha value is -3.79. The Labute approximate surface area is 218 Å². The molecule has 10 heteroatoms. The Morgan fingerprint density at radius 3 is 2.74 bits per heavy atom. The smallest absolute Gasteiger partial charge is 0.381 e. The van der Waals surface area contributed by atoms with E-state index >= 15 is 0 Å². The van der Waals surface area contributed by atoms with Gasteiger partial charge >= 0.3 is 6.18 Å². The van der Waals surface area contributed by atoms with Gasteiger partial charge in [0.2, 0.25) is 5.91 Å². The third-order valence-corrected chi connectivity index (χ3v) is 7.55. The van der Waals surface area contributed by atoms with Crippen molar-refractivity contribution in [1.82, 2.24) is 9.97 Å².